The summed E-state index contributed by atoms with van der Waals surface area (Å²) in [5.74, 6) is 0. The zero-order valence-electron chi connectivity index (χ0n) is 5.66. The van der Waals surface area contributed by atoms with Crippen molar-refractivity contribution in [2.75, 3.05) is 0 Å². The smallest absolute Gasteiger partial charge is 0.151 e. The number of aromatic nitrogens is 1. The average Bonchev–Trinajstić information content (AvgIpc) is 2.70. The fourth-order valence-corrected chi connectivity index (χ4v) is 1.10. The summed E-state index contributed by atoms with van der Waals surface area (Å²) in [7, 11) is 0. The average molecular weight is 135 g/mol. The van der Waals surface area contributed by atoms with Gasteiger partial charge in [0.25, 0.3) is 0 Å². The molecule has 1 aromatic rings. The first kappa shape index (κ1) is 5.71. The maximum absolute atomic E-state index is 10.2. The van der Waals surface area contributed by atoms with E-state index in [4.69, 9.17) is 0 Å². The van der Waals surface area contributed by atoms with Crippen LogP contribution in [0.3, 0.4) is 0 Å². The van der Waals surface area contributed by atoms with Crippen LogP contribution in [-0.4, -0.2) is 10.9 Å². The monoisotopic (exact) mass is 135 g/mol. The van der Waals surface area contributed by atoms with Crippen molar-refractivity contribution in [2.45, 2.75) is 18.9 Å². The molecule has 0 bridgehead atoms. The van der Waals surface area contributed by atoms with Crippen molar-refractivity contribution in [3.63, 3.8) is 0 Å². The largest absolute Gasteiger partial charge is 0.351 e. The molecular formula is C8H9NO. The van der Waals surface area contributed by atoms with E-state index in [1.807, 2.05) is 18.5 Å². The minimum Gasteiger partial charge on any atom is -0.351 e. The molecule has 52 valence electrons. The Balaban J connectivity index is 2.26. The second-order valence-electron chi connectivity index (χ2n) is 2.74. The van der Waals surface area contributed by atoms with E-state index in [9.17, 15) is 4.79 Å². The number of aldehydes is 1. The van der Waals surface area contributed by atoms with Crippen LogP contribution in [0.2, 0.25) is 0 Å². The van der Waals surface area contributed by atoms with Gasteiger partial charge >= 0.3 is 0 Å². The highest BCUT2D eigenvalue weighted by Gasteiger charge is 2.22. The van der Waals surface area contributed by atoms with Crippen LogP contribution in [0, 0.1) is 0 Å². The lowest BCUT2D eigenvalue weighted by Crippen LogP contribution is -1.86. The molecule has 1 aromatic heterocycles. The lowest BCUT2D eigenvalue weighted by Gasteiger charge is -1.93. The van der Waals surface area contributed by atoms with E-state index in [0.717, 1.165) is 11.8 Å². The number of carbonyl (C=O) groups is 1. The number of rotatable bonds is 2. The van der Waals surface area contributed by atoms with E-state index in [0.29, 0.717) is 6.04 Å². The molecule has 0 aliphatic heterocycles. The molecule has 0 aromatic carbocycles. The summed E-state index contributed by atoms with van der Waals surface area (Å²) in [6.45, 7) is 0. The van der Waals surface area contributed by atoms with Crippen molar-refractivity contribution in [3.8, 4) is 0 Å². The molecule has 2 rings (SSSR count). The Bertz CT molecular complexity index is 248. The molecule has 1 aliphatic rings. The summed E-state index contributed by atoms with van der Waals surface area (Å²) in [5.41, 5.74) is 0.784. The van der Waals surface area contributed by atoms with Gasteiger partial charge in [0.05, 0.1) is 0 Å². The molecule has 0 radical (unpaired) electrons. The van der Waals surface area contributed by atoms with Crippen LogP contribution in [-0.2, 0) is 0 Å². The van der Waals surface area contributed by atoms with Crippen molar-refractivity contribution < 1.29 is 4.79 Å². The van der Waals surface area contributed by atoms with Crippen LogP contribution in [0.1, 0.15) is 29.2 Å². The zero-order chi connectivity index (χ0) is 6.97. The molecule has 2 nitrogen and oxygen atoms in total. The van der Waals surface area contributed by atoms with Gasteiger partial charge in [0, 0.05) is 24.0 Å². The van der Waals surface area contributed by atoms with Crippen LogP contribution in [0.5, 0.6) is 0 Å². The van der Waals surface area contributed by atoms with Gasteiger partial charge in [-0.1, -0.05) is 0 Å². The van der Waals surface area contributed by atoms with E-state index < -0.39 is 0 Å². The maximum atomic E-state index is 10.2. The van der Waals surface area contributed by atoms with Crippen molar-refractivity contribution in [3.05, 3.63) is 24.0 Å². The van der Waals surface area contributed by atoms with Crippen molar-refractivity contribution in [1.29, 1.82) is 0 Å². The van der Waals surface area contributed by atoms with Gasteiger partial charge in [0.2, 0.25) is 0 Å². The number of hydrogen-bond donors (Lipinski definition) is 0. The minimum atomic E-state index is 0.689. The second-order valence-corrected chi connectivity index (χ2v) is 2.74. The van der Waals surface area contributed by atoms with Gasteiger partial charge < -0.3 is 4.57 Å². The number of nitrogens with zero attached hydrogens (tertiary/aromatic N) is 1. The van der Waals surface area contributed by atoms with Crippen LogP contribution in [0.15, 0.2) is 18.5 Å². The molecule has 1 saturated carbocycles. The predicted octanol–water partition coefficient (Wildman–Crippen LogP) is 1.64. The third-order valence-corrected chi connectivity index (χ3v) is 1.84. The molecule has 0 spiro atoms. The van der Waals surface area contributed by atoms with Crippen LogP contribution in [0.25, 0.3) is 0 Å². The van der Waals surface area contributed by atoms with E-state index >= 15 is 0 Å². The van der Waals surface area contributed by atoms with E-state index in [1.165, 1.54) is 12.8 Å². The third kappa shape index (κ3) is 0.856. The standard InChI is InChI=1S/C8H9NO/c10-6-7-3-4-9(5-7)8-1-2-8/h3-6,8H,1-2H2. The fourth-order valence-electron chi connectivity index (χ4n) is 1.10. The first-order valence-corrected chi connectivity index (χ1v) is 3.53. The zero-order valence-corrected chi connectivity index (χ0v) is 5.66. The Morgan fingerprint density at radius 2 is 2.40 bits per heavy atom. The summed E-state index contributed by atoms with van der Waals surface area (Å²) in [4.78, 5) is 10.2. The second kappa shape index (κ2) is 1.97. The van der Waals surface area contributed by atoms with Crippen molar-refractivity contribution in [1.82, 2.24) is 4.57 Å². The van der Waals surface area contributed by atoms with Gasteiger partial charge in [-0.05, 0) is 18.9 Å². The van der Waals surface area contributed by atoms with Crippen molar-refractivity contribution >= 4 is 6.29 Å². The van der Waals surface area contributed by atoms with Gasteiger partial charge in [0.1, 0.15) is 0 Å². The third-order valence-electron chi connectivity index (χ3n) is 1.84. The SMILES string of the molecule is O=Cc1ccn(C2CC2)c1. The number of hydrogen-bond acceptors (Lipinski definition) is 1. The fraction of sp³-hybridized carbons (Fsp3) is 0.375. The summed E-state index contributed by atoms with van der Waals surface area (Å²) in [5, 5.41) is 0. The van der Waals surface area contributed by atoms with E-state index in [-0.39, 0.29) is 0 Å². The lowest BCUT2D eigenvalue weighted by molar-refractivity contribution is 0.112. The molecule has 0 amide bonds. The van der Waals surface area contributed by atoms with Crippen LogP contribution >= 0.6 is 0 Å². The highest BCUT2D eigenvalue weighted by molar-refractivity contribution is 5.74. The minimum absolute atomic E-state index is 0.689. The molecule has 0 N–H and O–H groups in total. The quantitative estimate of drug-likeness (QED) is 0.565. The highest BCUT2D eigenvalue weighted by Crippen LogP contribution is 2.34. The van der Waals surface area contributed by atoms with Crippen LogP contribution in [0.4, 0.5) is 0 Å². The van der Waals surface area contributed by atoms with E-state index in [1.54, 1.807) is 0 Å². The molecule has 1 heterocycles. The Kier molecular flexibility index (Phi) is 1.13. The van der Waals surface area contributed by atoms with Gasteiger partial charge in [-0.2, -0.15) is 0 Å². The molecular weight excluding hydrogens is 126 g/mol. The normalized spacial score (nSPS) is 17.2. The molecule has 0 atom stereocenters. The van der Waals surface area contributed by atoms with Gasteiger partial charge in [-0.3, -0.25) is 4.79 Å². The van der Waals surface area contributed by atoms with E-state index in [2.05, 4.69) is 4.57 Å². The molecule has 1 fully saturated rings. The Morgan fingerprint density at radius 3 is 2.90 bits per heavy atom. The molecule has 10 heavy (non-hydrogen) atoms. The Labute approximate surface area is 59.5 Å². The molecule has 0 unspecified atom stereocenters. The summed E-state index contributed by atoms with van der Waals surface area (Å²) in [6, 6.07) is 2.54. The first-order valence-electron chi connectivity index (χ1n) is 3.53. The summed E-state index contributed by atoms with van der Waals surface area (Å²) in [6.07, 6.45) is 7.31. The van der Waals surface area contributed by atoms with Gasteiger partial charge in [-0.25, -0.2) is 0 Å². The topological polar surface area (TPSA) is 22.0 Å². The van der Waals surface area contributed by atoms with Gasteiger partial charge in [0.15, 0.2) is 6.29 Å². The maximum Gasteiger partial charge on any atom is 0.151 e. The summed E-state index contributed by atoms with van der Waals surface area (Å²) < 4.78 is 2.11. The molecule has 0 saturated heterocycles. The highest BCUT2D eigenvalue weighted by atomic mass is 16.1. The first-order chi connectivity index (χ1) is 4.90. The number of carbonyl (C=O) groups excluding carboxylic acids is 1. The molecule has 2 heteroatoms. The Hall–Kier alpha value is -1.05. The molecule has 1 aliphatic carbocycles. The Morgan fingerprint density at radius 1 is 1.60 bits per heavy atom. The summed E-state index contributed by atoms with van der Waals surface area (Å²) >= 11 is 0. The van der Waals surface area contributed by atoms with Crippen LogP contribution < -0.4 is 0 Å². The predicted molar refractivity (Wildman–Crippen MR) is 38.1 cm³/mol. The van der Waals surface area contributed by atoms with Gasteiger partial charge in [-0.15, -0.1) is 0 Å². The van der Waals surface area contributed by atoms with Crippen molar-refractivity contribution in [2.24, 2.45) is 0 Å². The lowest BCUT2D eigenvalue weighted by atomic mass is 10.4.